The highest BCUT2D eigenvalue weighted by atomic mass is 16.5. The van der Waals surface area contributed by atoms with Crippen LogP contribution in [0.5, 0.6) is 0 Å². The van der Waals surface area contributed by atoms with Gasteiger partial charge in [-0.1, -0.05) is 6.92 Å². The number of carbonyl (C=O) groups excluding carboxylic acids is 1. The molecular formula is C14H25NO3. The lowest BCUT2D eigenvalue weighted by Crippen LogP contribution is -2.47. The number of Topliss-reactive ketones (excluding diaryl/α,β-unsaturated/α-hetero) is 1. The number of hydrogen-bond donors (Lipinski definition) is 1. The molecule has 2 rings (SSSR count). The van der Waals surface area contributed by atoms with Crippen molar-refractivity contribution in [3.63, 3.8) is 0 Å². The fourth-order valence-electron chi connectivity index (χ4n) is 2.93. The summed E-state index contributed by atoms with van der Waals surface area (Å²) in [7, 11) is 0. The highest BCUT2D eigenvalue weighted by molar-refractivity contribution is 5.83. The Morgan fingerprint density at radius 2 is 2.11 bits per heavy atom. The van der Waals surface area contributed by atoms with E-state index in [2.05, 4.69) is 12.2 Å². The van der Waals surface area contributed by atoms with Crippen LogP contribution in [-0.4, -0.2) is 44.3 Å². The second kappa shape index (κ2) is 6.64. The van der Waals surface area contributed by atoms with Gasteiger partial charge in [0.15, 0.2) is 0 Å². The van der Waals surface area contributed by atoms with E-state index >= 15 is 0 Å². The van der Waals surface area contributed by atoms with Gasteiger partial charge in [0.2, 0.25) is 0 Å². The third-order valence-corrected chi connectivity index (χ3v) is 4.08. The maximum atomic E-state index is 12.1. The van der Waals surface area contributed by atoms with E-state index in [9.17, 15) is 4.79 Å². The molecule has 0 bridgehead atoms. The van der Waals surface area contributed by atoms with Crippen LogP contribution in [0.2, 0.25) is 0 Å². The molecule has 4 nitrogen and oxygen atoms in total. The first kappa shape index (κ1) is 14.0. The van der Waals surface area contributed by atoms with Crippen LogP contribution in [0.15, 0.2) is 0 Å². The fraction of sp³-hybridized carbons (Fsp3) is 0.929. The van der Waals surface area contributed by atoms with Gasteiger partial charge in [0.1, 0.15) is 5.78 Å². The lowest BCUT2D eigenvalue weighted by Gasteiger charge is -2.42. The minimum Gasteiger partial charge on any atom is -0.381 e. The topological polar surface area (TPSA) is 47.6 Å². The number of hydrogen-bond acceptors (Lipinski definition) is 4. The normalized spacial score (nSPS) is 27.3. The monoisotopic (exact) mass is 255 g/mol. The molecule has 1 atom stereocenters. The molecule has 0 aromatic carbocycles. The predicted molar refractivity (Wildman–Crippen MR) is 69.6 cm³/mol. The Kier molecular flexibility index (Phi) is 5.15. The molecule has 2 heterocycles. The van der Waals surface area contributed by atoms with E-state index in [-0.39, 0.29) is 11.5 Å². The second-order valence-electron chi connectivity index (χ2n) is 5.48. The Bertz CT molecular complexity index is 269. The van der Waals surface area contributed by atoms with Crippen molar-refractivity contribution in [1.82, 2.24) is 5.32 Å². The molecule has 0 amide bonds. The van der Waals surface area contributed by atoms with Gasteiger partial charge in [-0.2, -0.15) is 0 Å². The maximum Gasteiger partial charge on any atom is 0.149 e. The molecule has 1 N–H and O–H groups in total. The van der Waals surface area contributed by atoms with Crippen LogP contribution in [0, 0.1) is 5.92 Å². The Labute approximate surface area is 109 Å². The molecule has 0 saturated carbocycles. The SMILES string of the molecule is CCCNCC(=O)C1CCOC2(CCOCC2)C1. The van der Waals surface area contributed by atoms with Crippen LogP contribution in [-0.2, 0) is 14.3 Å². The van der Waals surface area contributed by atoms with Crippen molar-refractivity contribution < 1.29 is 14.3 Å². The molecule has 0 aliphatic carbocycles. The molecule has 0 aromatic rings. The van der Waals surface area contributed by atoms with Crippen molar-refractivity contribution in [2.24, 2.45) is 5.92 Å². The summed E-state index contributed by atoms with van der Waals surface area (Å²) in [5.74, 6) is 0.541. The second-order valence-corrected chi connectivity index (χ2v) is 5.48. The number of rotatable bonds is 5. The Morgan fingerprint density at radius 1 is 1.33 bits per heavy atom. The van der Waals surface area contributed by atoms with Crippen molar-refractivity contribution >= 4 is 5.78 Å². The Morgan fingerprint density at radius 3 is 2.83 bits per heavy atom. The van der Waals surface area contributed by atoms with Crippen molar-refractivity contribution in [2.75, 3.05) is 32.9 Å². The highest BCUT2D eigenvalue weighted by Crippen LogP contribution is 2.37. The summed E-state index contributed by atoms with van der Waals surface area (Å²) in [6.07, 6.45) is 4.74. The van der Waals surface area contributed by atoms with Gasteiger partial charge >= 0.3 is 0 Å². The molecular weight excluding hydrogens is 230 g/mol. The highest BCUT2D eigenvalue weighted by Gasteiger charge is 2.40. The Hall–Kier alpha value is -0.450. The molecule has 0 aromatic heterocycles. The third-order valence-electron chi connectivity index (χ3n) is 4.08. The average Bonchev–Trinajstić information content (AvgIpc) is 2.40. The van der Waals surface area contributed by atoms with E-state index in [0.717, 1.165) is 58.5 Å². The van der Waals surface area contributed by atoms with E-state index in [4.69, 9.17) is 9.47 Å². The summed E-state index contributed by atoms with van der Waals surface area (Å²) >= 11 is 0. The van der Waals surface area contributed by atoms with E-state index < -0.39 is 0 Å². The third kappa shape index (κ3) is 3.53. The molecule has 18 heavy (non-hydrogen) atoms. The zero-order valence-corrected chi connectivity index (χ0v) is 11.4. The van der Waals surface area contributed by atoms with Gasteiger partial charge in [-0.3, -0.25) is 4.79 Å². The van der Waals surface area contributed by atoms with Crippen molar-refractivity contribution in [3.8, 4) is 0 Å². The lowest BCUT2D eigenvalue weighted by atomic mass is 9.79. The largest absolute Gasteiger partial charge is 0.381 e. The van der Waals surface area contributed by atoms with Crippen molar-refractivity contribution in [1.29, 1.82) is 0 Å². The summed E-state index contributed by atoms with van der Waals surface area (Å²) in [6.45, 7) is 5.83. The van der Waals surface area contributed by atoms with Crippen LogP contribution in [0.1, 0.15) is 39.0 Å². The summed E-state index contributed by atoms with van der Waals surface area (Å²) in [5, 5.41) is 3.21. The van der Waals surface area contributed by atoms with Crippen LogP contribution in [0.25, 0.3) is 0 Å². The van der Waals surface area contributed by atoms with Gasteiger partial charge in [-0.25, -0.2) is 0 Å². The molecule has 2 fully saturated rings. The molecule has 2 saturated heterocycles. The van der Waals surface area contributed by atoms with Crippen LogP contribution in [0.4, 0.5) is 0 Å². The molecule has 0 radical (unpaired) electrons. The summed E-state index contributed by atoms with van der Waals surface area (Å²) in [6, 6.07) is 0. The van der Waals surface area contributed by atoms with E-state index in [1.807, 2.05) is 0 Å². The zero-order chi connectivity index (χ0) is 12.8. The average molecular weight is 255 g/mol. The first-order chi connectivity index (χ1) is 8.76. The summed E-state index contributed by atoms with van der Waals surface area (Å²) in [5.41, 5.74) is -0.0679. The number of carbonyl (C=O) groups is 1. The number of ether oxygens (including phenoxy) is 2. The van der Waals surface area contributed by atoms with Crippen molar-refractivity contribution in [3.05, 3.63) is 0 Å². The fourth-order valence-corrected chi connectivity index (χ4v) is 2.93. The van der Waals surface area contributed by atoms with E-state index in [1.165, 1.54) is 0 Å². The minimum atomic E-state index is -0.0679. The quantitative estimate of drug-likeness (QED) is 0.757. The number of ketones is 1. The molecule has 2 aliphatic heterocycles. The van der Waals surface area contributed by atoms with E-state index in [1.54, 1.807) is 0 Å². The van der Waals surface area contributed by atoms with Crippen LogP contribution in [0.3, 0.4) is 0 Å². The number of nitrogens with one attached hydrogen (secondary N) is 1. The molecule has 1 spiro atoms. The van der Waals surface area contributed by atoms with Crippen molar-refractivity contribution in [2.45, 2.75) is 44.6 Å². The smallest absolute Gasteiger partial charge is 0.149 e. The first-order valence-corrected chi connectivity index (χ1v) is 7.21. The standard InChI is InChI=1S/C14H25NO3/c1-2-6-15-11-13(16)12-3-7-18-14(10-12)4-8-17-9-5-14/h12,15H,2-11H2,1H3. The van der Waals surface area contributed by atoms with Gasteiger partial charge in [0.25, 0.3) is 0 Å². The maximum absolute atomic E-state index is 12.1. The predicted octanol–water partition coefficient (Wildman–Crippen LogP) is 1.53. The molecule has 104 valence electrons. The van der Waals surface area contributed by atoms with Gasteiger partial charge in [-0.15, -0.1) is 0 Å². The van der Waals surface area contributed by atoms with Gasteiger partial charge in [-0.05, 0) is 38.6 Å². The first-order valence-electron chi connectivity index (χ1n) is 7.21. The minimum absolute atomic E-state index is 0.0679. The van der Waals surface area contributed by atoms with Gasteiger partial charge in [0.05, 0.1) is 12.1 Å². The van der Waals surface area contributed by atoms with Crippen LogP contribution < -0.4 is 5.32 Å². The van der Waals surface area contributed by atoms with Crippen LogP contribution >= 0.6 is 0 Å². The summed E-state index contributed by atoms with van der Waals surface area (Å²) < 4.78 is 11.4. The molecule has 4 heteroatoms. The molecule has 1 unspecified atom stereocenters. The summed E-state index contributed by atoms with van der Waals surface area (Å²) in [4.78, 5) is 12.1. The van der Waals surface area contributed by atoms with E-state index in [0.29, 0.717) is 12.3 Å². The van der Waals surface area contributed by atoms with Gasteiger partial charge in [0, 0.05) is 25.7 Å². The zero-order valence-electron chi connectivity index (χ0n) is 11.4. The van der Waals surface area contributed by atoms with Gasteiger partial charge < -0.3 is 14.8 Å². The molecule has 2 aliphatic rings. The Balaban J connectivity index is 1.83. The lowest BCUT2D eigenvalue weighted by molar-refractivity contribution is -0.156.